The van der Waals surface area contributed by atoms with Crippen LogP contribution in [0, 0.1) is 5.82 Å². The number of benzene rings is 2. The van der Waals surface area contributed by atoms with Gasteiger partial charge in [0.2, 0.25) is 6.29 Å². The molecule has 2 aromatic rings. The number of hydrogen-bond acceptors (Lipinski definition) is 5. The van der Waals surface area contributed by atoms with Gasteiger partial charge in [-0.15, -0.1) is 0 Å². The Balaban J connectivity index is 1.45. The molecule has 0 unspecified atom stereocenters. The smallest absolute Gasteiger partial charge is 0.227 e. The first-order valence-corrected chi connectivity index (χ1v) is 10.4. The zero-order chi connectivity index (χ0) is 19.3. The lowest BCUT2D eigenvalue weighted by Gasteiger charge is -2.28. The van der Waals surface area contributed by atoms with Gasteiger partial charge >= 0.3 is 0 Å². The Hall–Kier alpha value is -2.09. The van der Waals surface area contributed by atoms with Gasteiger partial charge in [-0.1, -0.05) is 42.1 Å². The maximum absolute atomic E-state index is 14.1. The fraction of sp³-hybridized carbons (Fsp3) is 0.381. The van der Waals surface area contributed by atoms with Crippen molar-refractivity contribution in [1.82, 2.24) is 0 Å². The number of thioether (sulfide) groups is 1. The van der Waals surface area contributed by atoms with Crippen molar-refractivity contribution < 1.29 is 18.6 Å². The van der Waals surface area contributed by atoms with Gasteiger partial charge in [0.1, 0.15) is 11.6 Å². The Bertz CT molecular complexity index is 841. The minimum absolute atomic E-state index is 0.160. The summed E-state index contributed by atoms with van der Waals surface area (Å²) in [5, 5.41) is 0.472. The Kier molecular flexibility index (Phi) is 6.14. The average Bonchev–Trinajstić information content (AvgIpc) is 3.24. The number of ether oxygens (including phenoxy) is 3. The Morgan fingerprint density at radius 3 is 2.86 bits per heavy atom. The molecule has 1 saturated heterocycles. The summed E-state index contributed by atoms with van der Waals surface area (Å²) in [4.78, 5) is 4.39. The molecule has 2 aliphatic rings. The van der Waals surface area contributed by atoms with Gasteiger partial charge in [0.25, 0.3) is 0 Å². The molecule has 1 fully saturated rings. The van der Waals surface area contributed by atoms with E-state index in [1.54, 1.807) is 0 Å². The molecule has 2 N–H and O–H groups in total. The first-order chi connectivity index (χ1) is 13.7. The lowest BCUT2D eigenvalue weighted by molar-refractivity contribution is -0.112. The van der Waals surface area contributed by atoms with E-state index in [9.17, 15) is 4.39 Å². The highest BCUT2D eigenvalue weighted by atomic mass is 32.2. The Labute approximate surface area is 168 Å². The monoisotopic (exact) mass is 402 g/mol. The molecule has 0 aromatic heterocycles. The van der Waals surface area contributed by atoms with Gasteiger partial charge in [-0.25, -0.2) is 4.39 Å². The molecule has 4 rings (SSSR count). The van der Waals surface area contributed by atoms with Crippen LogP contribution in [0.4, 0.5) is 4.39 Å². The fourth-order valence-corrected chi connectivity index (χ4v) is 4.02. The number of nitrogens with zero attached hydrogens (tertiary/aromatic N) is 1. The molecule has 0 spiro atoms. The van der Waals surface area contributed by atoms with Gasteiger partial charge < -0.3 is 19.9 Å². The molecule has 2 aliphatic heterocycles. The van der Waals surface area contributed by atoms with E-state index in [2.05, 4.69) is 4.99 Å². The third kappa shape index (κ3) is 4.66. The largest absolute Gasteiger partial charge is 0.460 e. The lowest BCUT2D eigenvalue weighted by atomic mass is 10.1. The lowest BCUT2D eigenvalue weighted by Crippen LogP contribution is -2.19. The first kappa shape index (κ1) is 19.2. The first-order valence-electron chi connectivity index (χ1n) is 9.38. The summed E-state index contributed by atoms with van der Waals surface area (Å²) in [5.74, 6) is 0.832. The Morgan fingerprint density at radius 1 is 1.21 bits per heavy atom. The van der Waals surface area contributed by atoms with Crippen molar-refractivity contribution >= 4 is 16.9 Å². The standard InChI is InChI=1S/C21H23FN2O3S/c22-17-9-15-12-26-20(14-5-2-1-3-6-14)27-19(15)16(10-17)13-28-21(23)24-11-18-7-4-8-25-18/h1-3,5-6,9-10,18,20H,4,7-8,11-13H2,(H2,23,24)/t18-,20-/m1/s1. The van der Waals surface area contributed by atoms with Crippen LogP contribution in [0.1, 0.15) is 35.8 Å². The van der Waals surface area contributed by atoms with E-state index in [1.807, 2.05) is 30.3 Å². The quantitative estimate of drug-likeness (QED) is 0.601. The van der Waals surface area contributed by atoms with Crippen LogP contribution in [-0.4, -0.2) is 24.4 Å². The second-order valence-corrected chi connectivity index (χ2v) is 7.82. The highest BCUT2D eigenvalue weighted by Crippen LogP contribution is 2.37. The van der Waals surface area contributed by atoms with E-state index in [0.29, 0.717) is 35.4 Å². The number of fused-ring (bicyclic) bond motifs is 1. The van der Waals surface area contributed by atoms with E-state index in [4.69, 9.17) is 19.9 Å². The molecule has 0 bridgehead atoms. The Morgan fingerprint density at radius 2 is 2.07 bits per heavy atom. The number of amidine groups is 1. The third-order valence-corrected chi connectivity index (χ3v) is 5.62. The molecule has 0 aliphatic carbocycles. The van der Waals surface area contributed by atoms with Crippen LogP contribution in [0.2, 0.25) is 0 Å². The van der Waals surface area contributed by atoms with Crippen molar-refractivity contribution in [2.75, 3.05) is 13.2 Å². The van der Waals surface area contributed by atoms with Gasteiger partial charge in [0, 0.05) is 29.1 Å². The second kappa shape index (κ2) is 8.94. The van der Waals surface area contributed by atoms with Crippen LogP contribution in [0.5, 0.6) is 5.75 Å². The van der Waals surface area contributed by atoms with Crippen LogP contribution >= 0.6 is 11.8 Å². The normalized spacial score (nSPS) is 22.0. The average molecular weight is 402 g/mol. The maximum Gasteiger partial charge on any atom is 0.227 e. The van der Waals surface area contributed by atoms with Crippen molar-refractivity contribution in [2.24, 2.45) is 10.7 Å². The molecule has 2 heterocycles. The third-order valence-electron chi connectivity index (χ3n) is 4.74. The molecule has 7 heteroatoms. The molecule has 2 atom stereocenters. The van der Waals surface area contributed by atoms with Crippen molar-refractivity contribution in [3.8, 4) is 5.75 Å². The summed E-state index contributed by atoms with van der Waals surface area (Å²) >= 11 is 1.38. The molecular formula is C21H23FN2O3S. The van der Waals surface area contributed by atoms with Crippen LogP contribution in [0.25, 0.3) is 0 Å². The predicted octanol–water partition coefficient (Wildman–Crippen LogP) is 4.16. The second-order valence-electron chi connectivity index (χ2n) is 6.83. The molecule has 148 valence electrons. The van der Waals surface area contributed by atoms with Crippen LogP contribution < -0.4 is 10.5 Å². The highest BCUT2D eigenvalue weighted by Gasteiger charge is 2.25. The van der Waals surface area contributed by atoms with Gasteiger partial charge in [0.05, 0.1) is 19.3 Å². The van der Waals surface area contributed by atoms with E-state index in [1.165, 1.54) is 23.9 Å². The van der Waals surface area contributed by atoms with E-state index in [-0.39, 0.29) is 11.9 Å². The van der Waals surface area contributed by atoms with Gasteiger partial charge in [0.15, 0.2) is 5.17 Å². The topological polar surface area (TPSA) is 66.1 Å². The van der Waals surface area contributed by atoms with Crippen molar-refractivity contribution in [2.45, 2.75) is 37.6 Å². The highest BCUT2D eigenvalue weighted by molar-refractivity contribution is 8.13. The number of hydrogen-bond donors (Lipinski definition) is 1. The zero-order valence-electron chi connectivity index (χ0n) is 15.5. The maximum atomic E-state index is 14.1. The van der Waals surface area contributed by atoms with E-state index in [0.717, 1.165) is 30.6 Å². The van der Waals surface area contributed by atoms with Crippen molar-refractivity contribution in [3.05, 3.63) is 65.0 Å². The van der Waals surface area contributed by atoms with Crippen molar-refractivity contribution in [3.63, 3.8) is 0 Å². The molecule has 0 amide bonds. The molecule has 5 nitrogen and oxygen atoms in total. The molecule has 0 radical (unpaired) electrons. The summed E-state index contributed by atoms with van der Waals surface area (Å²) in [7, 11) is 0. The minimum Gasteiger partial charge on any atom is -0.460 e. The molecule has 28 heavy (non-hydrogen) atoms. The minimum atomic E-state index is -0.506. The number of rotatable bonds is 5. The van der Waals surface area contributed by atoms with Gasteiger partial charge in [-0.3, -0.25) is 4.99 Å². The van der Waals surface area contributed by atoms with E-state index >= 15 is 0 Å². The summed E-state index contributed by atoms with van der Waals surface area (Å²) in [6.07, 6.45) is 1.75. The SMILES string of the molecule is NC(=NC[C@H]1CCCO1)SCc1cc(F)cc2c1O[C@H](c1ccccc1)OC2. The van der Waals surface area contributed by atoms with Gasteiger partial charge in [-0.2, -0.15) is 0 Å². The number of aliphatic imine (C=N–C) groups is 1. The number of nitrogens with two attached hydrogens (primary N) is 1. The molecule has 0 saturated carbocycles. The van der Waals surface area contributed by atoms with E-state index < -0.39 is 6.29 Å². The summed E-state index contributed by atoms with van der Waals surface area (Å²) in [6.45, 7) is 1.66. The summed E-state index contributed by atoms with van der Waals surface area (Å²) < 4.78 is 31.4. The summed E-state index contributed by atoms with van der Waals surface area (Å²) in [6, 6.07) is 12.7. The molecular weight excluding hydrogens is 379 g/mol. The van der Waals surface area contributed by atoms with Crippen molar-refractivity contribution in [1.29, 1.82) is 0 Å². The summed E-state index contributed by atoms with van der Waals surface area (Å²) in [5.41, 5.74) is 8.41. The van der Waals surface area contributed by atoms with Crippen LogP contribution in [-0.2, 0) is 21.8 Å². The zero-order valence-corrected chi connectivity index (χ0v) is 16.3. The van der Waals surface area contributed by atoms with Gasteiger partial charge in [-0.05, 0) is 25.0 Å². The predicted molar refractivity (Wildman–Crippen MR) is 108 cm³/mol. The molecule has 2 aromatic carbocycles. The number of halogens is 1. The van der Waals surface area contributed by atoms with Crippen LogP contribution in [0.3, 0.4) is 0 Å². The fourth-order valence-electron chi connectivity index (χ4n) is 3.34. The van der Waals surface area contributed by atoms with Crippen LogP contribution in [0.15, 0.2) is 47.5 Å².